The molecule has 3 rings (SSSR count). The molecule has 1 amide bonds. The smallest absolute Gasteiger partial charge is 0.234 e. The van der Waals surface area contributed by atoms with E-state index < -0.39 is 0 Å². The lowest BCUT2D eigenvalue weighted by molar-refractivity contribution is -0.113. The summed E-state index contributed by atoms with van der Waals surface area (Å²) in [7, 11) is 0. The van der Waals surface area contributed by atoms with Crippen molar-refractivity contribution >= 4 is 23.4 Å². The molecule has 3 aromatic carbocycles. The summed E-state index contributed by atoms with van der Waals surface area (Å²) in [6, 6.07) is 23.5. The first kappa shape index (κ1) is 18.1. The summed E-state index contributed by atoms with van der Waals surface area (Å²) >= 11 is 1.53. The average Bonchev–Trinajstić information content (AvgIpc) is 2.63. The summed E-state index contributed by atoms with van der Waals surface area (Å²) in [6.45, 7) is 4.08. The van der Waals surface area contributed by atoms with Crippen LogP contribution in [-0.4, -0.2) is 11.7 Å². The molecule has 0 aliphatic heterocycles. The summed E-state index contributed by atoms with van der Waals surface area (Å²) in [6.07, 6.45) is 0. The molecule has 0 fully saturated rings. The van der Waals surface area contributed by atoms with E-state index in [1.54, 1.807) is 0 Å². The quantitative estimate of drug-likeness (QED) is 0.560. The number of aryl methyl sites for hydroxylation is 2. The molecule has 0 heterocycles. The summed E-state index contributed by atoms with van der Waals surface area (Å²) in [5.74, 6) is 1.90. The maximum Gasteiger partial charge on any atom is 0.234 e. The van der Waals surface area contributed by atoms with E-state index in [0.29, 0.717) is 5.75 Å². The number of nitrogens with one attached hydrogen (secondary N) is 1. The first-order valence-corrected chi connectivity index (χ1v) is 9.41. The van der Waals surface area contributed by atoms with Gasteiger partial charge in [-0.1, -0.05) is 29.8 Å². The predicted molar refractivity (Wildman–Crippen MR) is 108 cm³/mol. The van der Waals surface area contributed by atoms with Gasteiger partial charge >= 0.3 is 0 Å². The predicted octanol–water partition coefficient (Wildman–Crippen LogP) is 5.83. The molecule has 0 unspecified atom stereocenters. The zero-order chi connectivity index (χ0) is 18.4. The van der Waals surface area contributed by atoms with Gasteiger partial charge in [-0.15, -0.1) is 11.8 Å². The minimum Gasteiger partial charge on any atom is -0.457 e. The Bertz CT molecular complexity index is 873. The lowest BCUT2D eigenvalue weighted by Gasteiger charge is -2.09. The van der Waals surface area contributed by atoms with Crippen LogP contribution in [0.4, 0.5) is 5.69 Å². The monoisotopic (exact) mass is 363 g/mol. The normalized spacial score (nSPS) is 10.4. The topological polar surface area (TPSA) is 38.3 Å². The van der Waals surface area contributed by atoms with Crippen molar-refractivity contribution in [3.63, 3.8) is 0 Å². The Labute approximate surface area is 158 Å². The number of rotatable bonds is 6. The molecule has 3 aromatic rings. The van der Waals surface area contributed by atoms with Gasteiger partial charge < -0.3 is 10.1 Å². The van der Waals surface area contributed by atoms with Crippen molar-refractivity contribution in [1.29, 1.82) is 0 Å². The Kier molecular flexibility index (Phi) is 5.97. The molecule has 0 radical (unpaired) electrons. The molecule has 26 heavy (non-hydrogen) atoms. The fourth-order valence-corrected chi connectivity index (χ4v) is 3.10. The molecule has 132 valence electrons. The molecule has 0 aromatic heterocycles. The molecular weight excluding hydrogens is 342 g/mol. The van der Waals surface area contributed by atoms with Crippen molar-refractivity contribution in [2.24, 2.45) is 0 Å². The van der Waals surface area contributed by atoms with E-state index in [4.69, 9.17) is 4.74 Å². The van der Waals surface area contributed by atoms with Crippen LogP contribution in [0.15, 0.2) is 77.7 Å². The Morgan fingerprint density at radius 1 is 0.885 bits per heavy atom. The highest BCUT2D eigenvalue weighted by Crippen LogP contribution is 2.24. The number of thioether (sulfide) groups is 1. The van der Waals surface area contributed by atoms with Crippen LogP contribution in [0.2, 0.25) is 0 Å². The second kappa shape index (κ2) is 8.59. The van der Waals surface area contributed by atoms with Crippen LogP contribution in [-0.2, 0) is 4.79 Å². The highest BCUT2D eigenvalue weighted by molar-refractivity contribution is 8.00. The van der Waals surface area contributed by atoms with Crippen LogP contribution in [0.5, 0.6) is 11.5 Å². The fourth-order valence-electron chi connectivity index (χ4n) is 2.40. The van der Waals surface area contributed by atoms with Crippen molar-refractivity contribution < 1.29 is 9.53 Å². The molecular formula is C22H21NO2S. The molecule has 4 heteroatoms. The van der Waals surface area contributed by atoms with Crippen LogP contribution in [0.25, 0.3) is 0 Å². The maximum atomic E-state index is 12.1. The summed E-state index contributed by atoms with van der Waals surface area (Å²) < 4.78 is 5.82. The zero-order valence-electron chi connectivity index (χ0n) is 14.9. The van der Waals surface area contributed by atoms with E-state index >= 15 is 0 Å². The van der Waals surface area contributed by atoms with Gasteiger partial charge in [-0.2, -0.15) is 0 Å². The first-order valence-electron chi connectivity index (χ1n) is 8.42. The number of carbonyl (C=O) groups excluding carboxylic acids is 1. The fraction of sp³-hybridized carbons (Fsp3) is 0.136. The number of anilines is 1. The van der Waals surface area contributed by atoms with Gasteiger partial charge in [-0.25, -0.2) is 0 Å². The van der Waals surface area contributed by atoms with Gasteiger partial charge in [0.25, 0.3) is 0 Å². The van der Waals surface area contributed by atoms with Crippen molar-refractivity contribution in [1.82, 2.24) is 0 Å². The standard InChI is InChI=1S/C22H21NO2S/c1-16-6-12-21(13-7-16)26-15-22(24)23-18-8-10-19(11-9-18)25-20-5-3-4-17(2)14-20/h3-14H,15H2,1-2H3,(H,23,24). The van der Waals surface area contributed by atoms with Crippen LogP contribution in [0.3, 0.4) is 0 Å². The largest absolute Gasteiger partial charge is 0.457 e. The highest BCUT2D eigenvalue weighted by atomic mass is 32.2. The minimum atomic E-state index is -0.0251. The van der Waals surface area contributed by atoms with Gasteiger partial charge in [0.2, 0.25) is 5.91 Å². The molecule has 0 aliphatic rings. The van der Waals surface area contributed by atoms with E-state index in [1.807, 2.05) is 86.6 Å². The molecule has 1 N–H and O–H groups in total. The van der Waals surface area contributed by atoms with E-state index in [2.05, 4.69) is 5.32 Å². The Hall–Kier alpha value is -2.72. The summed E-state index contributed by atoms with van der Waals surface area (Å²) in [4.78, 5) is 13.2. The third-order valence-corrected chi connectivity index (χ3v) is 4.77. The molecule has 0 spiro atoms. The van der Waals surface area contributed by atoms with Crippen LogP contribution < -0.4 is 10.1 Å². The SMILES string of the molecule is Cc1ccc(SCC(=O)Nc2ccc(Oc3cccc(C)c3)cc2)cc1. The number of carbonyl (C=O) groups is 1. The zero-order valence-corrected chi connectivity index (χ0v) is 15.7. The Morgan fingerprint density at radius 2 is 1.62 bits per heavy atom. The second-order valence-electron chi connectivity index (χ2n) is 6.09. The Morgan fingerprint density at radius 3 is 2.31 bits per heavy atom. The van der Waals surface area contributed by atoms with Crippen LogP contribution in [0.1, 0.15) is 11.1 Å². The van der Waals surface area contributed by atoms with Gasteiger partial charge in [-0.05, 0) is 67.9 Å². The Balaban J connectivity index is 1.51. The van der Waals surface area contributed by atoms with E-state index in [0.717, 1.165) is 27.6 Å². The summed E-state index contributed by atoms with van der Waals surface area (Å²) in [5, 5.41) is 2.91. The molecule has 3 nitrogen and oxygen atoms in total. The third-order valence-electron chi connectivity index (χ3n) is 3.75. The third kappa shape index (κ3) is 5.39. The van der Waals surface area contributed by atoms with E-state index in [1.165, 1.54) is 17.3 Å². The van der Waals surface area contributed by atoms with E-state index in [9.17, 15) is 4.79 Å². The van der Waals surface area contributed by atoms with Gasteiger partial charge in [0.05, 0.1) is 5.75 Å². The second-order valence-corrected chi connectivity index (χ2v) is 7.14. The number of hydrogen-bond donors (Lipinski definition) is 1. The highest BCUT2D eigenvalue weighted by Gasteiger charge is 2.05. The lowest BCUT2D eigenvalue weighted by Crippen LogP contribution is -2.13. The summed E-state index contributed by atoms with van der Waals surface area (Å²) in [5.41, 5.74) is 3.13. The molecule has 0 bridgehead atoms. The number of benzene rings is 3. The molecule has 0 atom stereocenters. The molecule has 0 saturated heterocycles. The van der Waals surface area contributed by atoms with E-state index in [-0.39, 0.29) is 5.91 Å². The number of amides is 1. The number of ether oxygens (including phenoxy) is 1. The van der Waals surface area contributed by atoms with Gasteiger partial charge in [0.1, 0.15) is 11.5 Å². The number of hydrogen-bond acceptors (Lipinski definition) is 3. The maximum absolute atomic E-state index is 12.1. The average molecular weight is 363 g/mol. The lowest BCUT2D eigenvalue weighted by atomic mass is 10.2. The van der Waals surface area contributed by atoms with Crippen LogP contribution >= 0.6 is 11.8 Å². The first-order chi connectivity index (χ1) is 12.6. The van der Waals surface area contributed by atoms with Crippen molar-refractivity contribution in [3.05, 3.63) is 83.9 Å². The van der Waals surface area contributed by atoms with Crippen LogP contribution in [0, 0.1) is 13.8 Å². The van der Waals surface area contributed by atoms with Crippen molar-refractivity contribution in [2.75, 3.05) is 11.1 Å². The van der Waals surface area contributed by atoms with Crippen molar-refractivity contribution in [3.8, 4) is 11.5 Å². The van der Waals surface area contributed by atoms with Gasteiger partial charge in [0, 0.05) is 10.6 Å². The van der Waals surface area contributed by atoms with Crippen molar-refractivity contribution in [2.45, 2.75) is 18.7 Å². The van der Waals surface area contributed by atoms with Gasteiger partial charge in [-0.3, -0.25) is 4.79 Å². The minimum absolute atomic E-state index is 0.0251. The molecule has 0 saturated carbocycles. The molecule has 0 aliphatic carbocycles. The van der Waals surface area contributed by atoms with Gasteiger partial charge in [0.15, 0.2) is 0 Å².